The zero-order valence-electron chi connectivity index (χ0n) is 23.0. The summed E-state index contributed by atoms with van der Waals surface area (Å²) in [6, 6.07) is 17.2. The number of amides is 1. The lowest BCUT2D eigenvalue weighted by Crippen LogP contribution is -2.48. The number of ether oxygens (including phenoxy) is 1. The van der Waals surface area contributed by atoms with Gasteiger partial charge in [-0.15, -0.1) is 0 Å². The number of carboxylic acids is 1. The van der Waals surface area contributed by atoms with Gasteiger partial charge in [0, 0.05) is 12.0 Å². The first-order chi connectivity index (χ1) is 21.3. The predicted molar refractivity (Wildman–Crippen MR) is 157 cm³/mol. The van der Waals surface area contributed by atoms with Crippen LogP contribution in [0.5, 0.6) is 5.75 Å². The van der Waals surface area contributed by atoms with E-state index in [-0.39, 0.29) is 22.9 Å². The zero-order valence-corrected chi connectivity index (χ0v) is 24.6. The van der Waals surface area contributed by atoms with Gasteiger partial charge < -0.3 is 15.2 Å². The van der Waals surface area contributed by atoms with Gasteiger partial charge in [0.15, 0.2) is 0 Å². The highest BCUT2D eigenvalue weighted by molar-refractivity contribution is 7.93. The average molecular weight is 663 g/mol. The smallest absolute Gasteiger partial charge is 0.419 e. The summed E-state index contributed by atoms with van der Waals surface area (Å²) in [7, 11) is -4.29. The Hall–Kier alpha value is -4.62. The minimum absolute atomic E-state index is 0.0419. The van der Waals surface area contributed by atoms with E-state index in [2.05, 4.69) is 5.32 Å². The molecular weight excluding hydrogens is 640 g/mol. The third kappa shape index (κ3) is 6.59. The number of para-hydroxylation sites is 1. The van der Waals surface area contributed by atoms with Gasteiger partial charge in [0.2, 0.25) is 5.91 Å². The number of carbonyl (C=O) groups is 2. The second-order valence-corrected chi connectivity index (χ2v) is 12.2. The van der Waals surface area contributed by atoms with Crippen LogP contribution in [0.2, 0.25) is 5.02 Å². The molecule has 0 spiro atoms. The van der Waals surface area contributed by atoms with Crippen molar-refractivity contribution in [1.82, 2.24) is 5.32 Å². The lowest BCUT2D eigenvalue weighted by Gasteiger charge is -2.26. The van der Waals surface area contributed by atoms with Gasteiger partial charge in [-0.05, 0) is 65.7 Å². The van der Waals surface area contributed by atoms with Gasteiger partial charge >= 0.3 is 12.1 Å². The summed E-state index contributed by atoms with van der Waals surface area (Å²) in [5, 5.41) is 11.7. The van der Waals surface area contributed by atoms with Crippen molar-refractivity contribution in [1.29, 1.82) is 0 Å². The maximum absolute atomic E-state index is 13.9. The molecule has 234 valence electrons. The molecule has 14 heteroatoms. The number of sulfonamides is 1. The molecule has 1 amide bonds. The molecular formula is C31H23ClF4N2O6S. The molecule has 0 saturated heterocycles. The van der Waals surface area contributed by atoms with E-state index in [0.717, 1.165) is 22.5 Å². The fourth-order valence-electron chi connectivity index (χ4n) is 4.96. The lowest BCUT2D eigenvalue weighted by molar-refractivity contribution is -0.139. The van der Waals surface area contributed by atoms with Gasteiger partial charge in [-0.25, -0.2) is 17.6 Å². The number of nitrogens with one attached hydrogen (secondary N) is 1. The van der Waals surface area contributed by atoms with Gasteiger partial charge in [-0.3, -0.25) is 9.10 Å². The third-order valence-electron chi connectivity index (χ3n) is 7.07. The Morgan fingerprint density at radius 2 is 1.71 bits per heavy atom. The molecule has 0 saturated carbocycles. The number of halogens is 5. The second-order valence-electron chi connectivity index (χ2n) is 9.95. The molecule has 0 unspecified atom stereocenters. The molecule has 1 aliphatic heterocycles. The number of anilines is 1. The highest BCUT2D eigenvalue weighted by Crippen LogP contribution is 2.39. The molecule has 1 atom stereocenters. The van der Waals surface area contributed by atoms with Crippen LogP contribution in [0.3, 0.4) is 0 Å². The topological polar surface area (TPSA) is 113 Å². The van der Waals surface area contributed by atoms with Crippen LogP contribution in [0.25, 0.3) is 11.1 Å². The fraction of sp³-hybridized carbons (Fsp3) is 0.161. The Morgan fingerprint density at radius 3 is 2.38 bits per heavy atom. The number of carboxylic acid groups (broad SMARTS) is 1. The minimum Gasteiger partial charge on any atom is -0.491 e. The number of rotatable bonds is 9. The van der Waals surface area contributed by atoms with E-state index in [0.29, 0.717) is 28.4 Å². The Balaban J connectivity index is 1.33. The van der Waals surface area contributed by atoms with Crippen molar-refractivity contribution in [2.75, 3.05) is 17.5 Å². The Morgan fingerprint density at radius 1 is 1.00 bits per heavy atom. The van der Waals surface area contributed by atoms with Gasteiger partial charge in [0.25, 0.3) is 10.0 Å². The van der Waals surface area contributed by atoms with Gasteiger partial charge in [-0.1, -0.05) is 41.9 Å². The quantitative estimate of drug-likeness (QED) is 0.164. The monoisotopic (exact) mass is 662 g/mol. The molecule has 8 nitrogen and oxygen atoms in total. The SMILES string of the molecule is O=C(O)c1ccc(OCCNC(=O)[C@@H]2Cc3ccccc3N2S(=O)(=O)c2ccc(-c3ccc(F)cc3Cl)cc2)c(C(F)(F)F)c1. The summed E-state index contributed by atoms with van der Waals surface area (Å²) in [5.74, 6) is -3.38. The van der Waals surface area contributed by atoms with Crippen LogP contribution >= 0.6 is 11.6 Å². The molecule has 45 heavy (non-hydrogen) atoms. The van der Waals surface area contributed by atoms with Crippen LogP contribution in [0.1, 0.15) is 21.5 Å². The highest BCUT2D eigenvalue weighted by atomic mass is 35.5. The van der Waals surface area contributed by atoms with Crippen molar-refractivity contribution < 1.29 is 45.4 Å². The van der Waals surface area contributed by atoms with E-state index in [1.807, 2.05) is 0 Å². The van der Waals surface area contributed by atoms with Crippen LogP contribution in [-0.2, 0) is 27.4 Å². The molecule has 1 heterocycles. The van der Waals surface area contributed by atoms with Crippen LogP contribution in [0.4, 0.5) is 23.2 Å². The molecule has 2 N–H and O–H groups in total. The van der Waals surface area contributed by atoms with E-state index in [1.54, 1.807) is 24.3 Å². The number of aromatic carboxylic acids is 1. The molecule has 4 aromatic rings. The van der Waals surface area contributed by atoms with E-state index in [4.69, 9.17) is 21.4 Å². The van der Waals surface area contributed by atoms with Crippen molar-refractivity contribution in [3.8, 4) is 16.9 Å². The van der Waals surface area contributed by atoms with E-state index >= 15 is 0 Å². The van der Waals surface area contributed by atoms with Gasteiger partial charge in [0.05, 0.1) is 33.3 Å². The summed E-state index contributed by atoms with van der Waals surface area (Å²) in [6.07, 6.45) is -4.85. The lowest BCUT2D eigenvalue weighted by atomic mass is 10.1. The summed E-state index contributed by atoms with van der Waals surface area (Å²) in [4.78, 5) is 24.3. The highest BCUT2D eigenvalue weighted by Gasteiger charge is 2.42. The average Bonchev–Trinajstić information content (AvgIpc) is 3.40. The number of hydrogen-bond acceptors (Lipinski definition) is 5. The number of carbonyl (C=O) groups excluding carboxylic acids is 1. The minimum atomic E-state index is -4.89. The summed E-state index contributed by atoms with van der Waals surface area (Å²) in [6.45, 7) is -0.689. The van der Waals surface area contributed by atoms with Crippen LogP contribution in [0.15, 0.2) is 89.8 Å². The van der Waals surface area contributed by atoms with E-state index in [1.165, 1.54) is 36.4 Å². The third-order valence-corrected chi connectivity index (χ3v) is 9.22. The molecule has 5 rings (SSSR count). The Bertz CT molecular complexity index is 1880. The number of nitrogens with zero attached hydrogens (tertiary/aromatic N) is 1. The molecule has 0 bridgehead atoms. The zero-order chi connectivity index (χ0) is 32.5. The van der Waals surface area contributed by atoms with Gasteiger partial charge in [-0.2, -0.15) is 13.2 Å². The maximum atomic E-state index is 13.9. The van der Waals surface area contributed by atoms with Crippen molar-refractivity contribution in [3.05, 3.63) is 112 Å². The molecule has 0 fully saturated rings. The summed E-state index contributed by atoms with van der Waals surface area (Å²) >= 11 is 6.15. The predicted octanol–water partition coefficient (Wildman–Crippen LogP) is 6.18. The number of fused-ring (bicyclic) bond motifs is 1. The van der Waals surface area contributed by atoms with Crippen molar-refractivity contribution in [2.45, 2.75) is 23.5 Å². The summed E-state index contributed by atoms with van der Waals surface area (Å²) in [5.41, 5.74) is 0.0758. The van der Waals surface area contributed by atoms with E-state index < -0.39 is 63.4 Å². The first-order valence-electron chi connectivity index (χ1n) is 13.3. The molecule has 0 aromatic heterocycles. The first kappa shape index (κ1) is 31.8. The molecule has 0 aliphatic carbocycles. The van der Waals surface area contributed by atoms with E-state index in [9.17, 15) is 35.6 Å². The van der Waals surface area contributed by atoms with Crippen molar-refractivity contribution in [3.63, 3.8) is 0 Å². The van der Waals surface area contributed by atoms with Crippen LogP contribution in [0, 0.1) is 5.82 Å². The van der Waals surface area contributed by atoms with Crippen molar-refractivity contribution >= 4 is 39.2 Å². The van der Waals surface area contributed by atoms with Crippen LogP contribution < -0.4 is 14.4 Å². The molecule has 0 radical (unpaired) electrons. The molecule has 1 aliphatic rings. The number of hydrogen-bond donors (Lipinski definition) is 2. The standard InChI is InChI=1S/C31H23ClF4N2O6S/c32-25-17-21(33)8-11-23(25)18-5-9-22(10-6-18)45(42,43)38-26-4-2-1-3-19(26)16-27(38)29(39)37-13-14-44-28-12-7-20(30(40)41)15-24(28)31(34,35)36/h1-12,15,17,27H,13-14,16H2,(H,37,39)(H,40,41)/t27-/m0/s1. The first-order valence-corrected chi connectivity index (χ1v) is 15.1. The van der Waals surface area contributed by atoms with Crippen LogP contribution in [-0.4, -0.2) is 44.6 Å². The summed E-state index contributed by atoms with van der Waals surface area (Å²) < 4.78 is 87.9. The number of benzene rings is 4. The second kappa shape index (κ2) is 12.4. The maximum Gasteiger partial charge on any atom is 0.419 e. The Labute approximate surface area is 259 Å². The van der Waals surface area contributed by atoms with Gasteiger partial charge in [0.1, 0.15) is 24.2 Å². The van der Waals surface area contributed by atoms with Crippen molar-refractivity contribution in [2.24, 2.45) is 0 Å². The normalized spacial score (nSPS) is 14.6. The number of alkyl halides is 3. The largest absolute Gasteiger partial charge is 0.491 e. The Kier molecular flexibility index (Phi) is 8.77. The molecule has 4 aromatic carbocycles. The fourth-order valence-corrected chi connectivity index (χ4v) is 6.89.